The van der Waals surface area contributed by atoms with Crippen molar-refractivity contribution in [2.24, 2.45) is 11.8 Å². The normalized spacial score (nSPS) is 20.7. The van der Waals surface area contributed by atoms with Crippen LogP contribution < -0.4 is 10.0 Å². The maximum absolute atomic E-state index is 12.9. The minimum atomic E-state index is -3.95. The zero-order valence-corrected chi connectivity index (χ0v) is 24.0. The Morgan fingerprint density at radius 3 is 2.37 bits per heavy atom. The van der Waals surface area contributed by atoms with Crippen LogP contribution in [-0.4, -0.2) is 42.0 Å². The molecule has 2 fully saturated rings. The SMILES string of the molecule is CC(C)(C)NS(=O)(=O)c1ccc(-c2oc(C(=O)N[C@H]3C[C@H](C(=O)O)C3)nc2CC2CCCCC2)c(Cl)c1Cl. The lowest BCUT2D eigenvalue weighted by molar-refractivity contribution is -0.145. The second-order valence-electron chi connectivity index (χ2n) is 11.3. The van der Waals surface area contributed by atoms with E-state index in [2.05, 4.69) is 15.0 Å². The number of sulfonamides is 1. The van der Waals surface area contributed by atoms with Crippen LogP contribution in [0.5, 0.6) is 0 Å². The van der Waals surface area contributed by atoms with Crippen LogP contribution in [0.3, 0.4) is 0 Å². The molecule has 0 bridgehead atoms. The minimum absolute atomic E-state index is 0.0141. The van der Waals surface area contributed by atoms with E-state index in [-0.39, 0.29) is 32.6 Å². The van der Waals surface area contributed by atoms with Crippen molar-refractivity contribution < 1.29 is 27.5 Å². The first-order valence-corrected chi connectivity index (χ1v) is 15.0. The first-order valence-electron chi connectivity index (χ1n) is 12.8. The summed E-state index contributed by atoms with van der Waals surface area (Å²) in [6.45, 7) is 5.16. The second-order valence-corrected chi connectivity index (χ2v) is 13.7. The van der Waals surface area contributed by atoms with Gasteiger partial charge >= 0.3 is 11.9 Å². The molecule has 0 unspecified atom stereocenters. The van der Waals surface area contributed by atoms with E-state index in [1.165, 1.54) is 18.6 Å². The number of nitrogens with zero attached hydrogens (tertiary/aromatic N) is 1. The lowest BCUT2D eigenvalue weighted by Gasteiger charge is -2.32. The Kier molecular flexibility index (Phi) is 8.47. The van der Waals surface area contributed by atoms with E-state index >= 15 is 0 Å². The van der Waals surface area contributed by atoms with Gasteiger partial charge in [-0.15, -0.1) is 0 Å². The summed E-state index contributed by atoms with van der Waals surface area (Å²) < 4.78 is 34.3. The molecular weight excluding hydrogens is 553 g/mol. The fourth-order valence-electron chi connectivity index (χ4n) is 5.02. The van der Waals surface area contributed by atoms with Crippen LogP contribution in [-0.2, 0) is 21.2 Å². The van der Waals surface area contributed by atoms with Crippen LogP contribution in [0.15, 0.2) is 21.4 Å². The Labute approximate surface area is 232 Å². The highest BCUT2D eigenvalue weighted by atomic mass is 35.5. The van der Waals surface area contributed by atoms with Gasteiger partial charge < -0.3 is 14.8 Å². The first-order chi connectivity index (χ1) is 17.7. The average Bonchev–Trinajstić information content (AvgIpc) is 3.19. The van der Waals surface area contributed by atoms with Crippen LogP contribution in [0.4, 0.5) is 0 Å². The molecule has 2 aromatic rings. The van der Waals surface area contributed by atoms with E-state index in [0.29, 0.717) is 36.4 Å². The van der Waals surface area contributed by atoms with Gasteiger partial charge in [-0.1, -0.05) is 55.3 Å². The molecule has 12 heteroatoms. The summed E-state index contributed by atoms with van der Waals surface area (Å²) in [5.74, 6) is -1.38. The van der Waals surface area contributed by atoms with Crippen molar-refractivity contribution in [3.63, 3.8) is 0 Å². The van der Waals surface area contributed by atoms with Gasteiger partial charge in [-0.25, -0.2) is 18.1 Å². The number of carboxylic acid groups (broad SMARTS) is 1. The molecule has 1 amide bonds. The molecule has 1 aromatic carbocycles. The number of halogens is 2. The molecule has 0 saturated heterocycles. The largest absolute Gasteiger partial charge is 0.481 e. The Hall–Kier alpha value is -2.14. The quantitative estimate of drug-likeness (QED) is 0.374. The predicted molar refractivity (Wildman–Crippen MR) is 144 cm³/mol. The third kappa shape index (κ3) is 6.52. The van der Waals surface area contributed by atoms with E-state index in [4.69, 9.17) is 32.7 Å². The summed E-state index contributed by atoms with van der Waals surface area (Å²) in [5.41, 5.74) is 0.178. The van der Waals surface area contributed by atoms with Gasteiger partial charge in [0.15, 0.2) is 5.76 Å². The topological polar surface area (TPSA) is 139 Å². The molecule has 0 spiro atoms. The van der Waals surface area contributed by atoms with Gasteiger partial charge in [-0.2, -0.15) is 0 Å². The standard InChI is InChI=1S/C26H33Cl2N3O6S/c1-26(2,3)31-38(35,36)19-10-9-17(20(27)21(19)28)22-18(11-14-7-5-4-6-8-14)30-24(37-22)23(32)29-16-12-15(13-16)25(33)34/h9-10,14-16,31H,4-8,11-13H2,1-3H3,(H,29,32)(H,33,34)/t15-,16-. The van der Waals surface area contributed by atoms with Gasteiger partial charge in [0.25, 0.3) is 5.89 Å². The van der Waals surface area contributed by atoms with Crippen LogP contribution in [0.2, 0.25) is 10.0 Å². The van der Waals surface area contributed by atoms with Crippen LogP contribution in [0.25, 0.3) is 11.3 Å². The number of carboxylic acids is 1. The molecule has 0 radical (unpaired) electrons. The summed E-state index contributed by atoms with van der Waals surface area (Å²) in [6, 6.07) is 2.62. The van der Waals surface area contributed by atoms with Crippen molar-refractivity contribution in [3.05, 3.63) is 33.8 Å². The van der Waals surface area contributed by atoms with Gasteiger partial charge in [0.1, 0.15) is 4.90 Å². The van der Waals surface area contributed by atoms with Gasteiger partial charge in [0, 0.05) is 17.1 Å². The van der Waals surface area contributed by atoms with E-state index in [1.807, 2.05) is 0 Å². The fourth-order valence-corrected chi connectivity index (χ4v) is 7.30. The molecule has 1 heterocycles. The monoisotopic (exact) mass is 585 g/mol. The van der Waals surface area contributed by atoms with Gasteiger partial charge in [0.05, 0.1) is 21.7 Å². The van der Waals surface area contributed by atoms with E-state index < -0.39 is 33.4 Å². The molecule has 9 nitrogen and oxygen atoms in total. The van der Waals surface area contributed by atoms with Crippen molar-refractivity contribution >= 4 is 45.1 Å². The number of aliphatic carboxylic acids is 1. The highest BCUT2D eigenvalue weighted by molar-refractivity contribution is 7.89. The van der Waals surface area contributed by atoms with Crippen molar-refractivity contribution in [3.8, 4) is 11.3 Å². The van der Waals surface area contributed by atoms with Crippen LogP contribution in [0, 0.1) is 11.8 Å². The third-order valence-electron chi connectivity index (χ3n) is 6.94. The lowest BCUT2D eigenvalue weighted by atomic mass is 9.80. The summed E-state index contributed by atoms with van der Waals surface area (Å²) >= 11 is 13.1. The van der Waals surface area contributed by atoms with Gasteiger partial charge in [-0.05, 0) is 58.1 Å². The number of amides is 1. The number of hydrogen-bond acceptors (Lipinski definition) is 6. The number of oxazole rings is 1. The number of benzene rings is 1. The Balaban J connectivity index is 1.66. The molecule has 208 valence electrons. The highest BCUT2D eigenvalue weighted by Gasteiger charge is 2.36. The van der Waals surface area contributed by atoms with Gasteiger partial charge in [-0.3, -0.25) is 9.59 Å². The smallest absolute Gasteiger partial charge is 0.307 e. The van der Waals surface area contributed by atoms with E-state index in [0.717, 1.165) is 25.7 Å². The number of carbonyl (C=O) groups is 2. The zero-order chi connectivity index (χ0) is 27.8. The number of aromatic nitrogens is 1. The van der Waals surface area contributed by atoms with E-state index in [1.54, 1.807) is 20.8 Å². The molecule has 4 rings (SSSR count). The maximum Gasteiger partial charge on any atom is 0.307 e. The first kappa shape index (κ1) is 28.9. The average molecular weight is 587 g/mol. The summed E-state index contributed by atoms with van der Waals surface area (Å²) in [6.07, 6.45) is 6.79. The van der Waals surface area contributed by atoms with Crippen molar-refractivity contribution in [2.45, 2.75) is 88.6 Å². The molecule has 0 aliphatic heterocycles. The van der Waals surface area contributed by atoms with Crippen LogP contribution >= 0.6 is 23.2 Å². The molecule has 38 heavy (non-hydrogen) atoms. The molecule has 0 atom stereocenters. The lowest BCUT2D eigenvalue weighted by Crippen LogP contribution is -2.46. The van der Waals surface area contributed by atoms with E-state index in [9.17, 15) is 18.0 Å². The Morgan fingerprint density at radius 1 is 1.11 bits per heavy atom. The second kappa shape index (κ2) is 11.2. The molecule has 2 aliphatic rings. The maximum atomic E-state index is 12.9. The third-order valence-corrected chi connectivity index (χ3v) is 9.74. The number of nitrogens with one attached hydrogen (secondary N) is 2. The highest BCUT2D eigenvalue weighted by Crippen LogP contribution is 2.41. The van der Waals surface area contributed by atoms with Crippen molar-refractivity contribution in [1.82, 2.24) is 15.0 Å². The fraction of sp³-hybridized carbons (Fsp3) is 0.577. The molecular formula is C26H33Cl2N3O6S. The van der Waals surface area contributed by atoms with Crippen LogP contribution in [0.1, 0.15) is 82.1 Å². The summed E-state index contributed by atoms with van der Waals surface area (Å²) in [4.78, 5) is 28.4. The summed E-state index contributed by atoms with van der Waals surface area (Å²) in [5, 5.41) is 11.7. The summed E-state index contributed by atoms with van der Waals surface area (Å²) in [7, 11) is -3.95. The van der Waals surface area contributed by atoms with Crippen molar-refractivity contribution in [2.75, 3.05) is 0 Å². The Morgan fingerprint density at radius 2 is 1.76 bits per heavy atom. The zero-order valence-electron chi connectivity index (χ0n) is 21.6. The molecule has 2 aliphatic carbocycles. The van der Waals surface area contributed by atoms with Crippen molar-refractivity contribution in [1.29, 1.82) is 0 Å². The minimum Gasteiger partial charge on any atom is -0.481 e. The number of rotatable bonds is 8. The molecule has 1 aromatic heterocycles. The molecule has 2 saturated carbocycles. The predicted octanol–water partition coefficient (Wildman–Crippen LogP) is 5.44. The number of carbonyl (C=O) groups excluding carboxylic acids is 1. The Bertz CT molecular complexity index is 1320. The molecule has 3 N–H and O–H groups in total. The number of hydrogen-bond donors (Lipinski definition) is 3. The van der Waals surface area contributed by atoms with Gasteiger partial charge in [0.2, 0.25) is 10.0 Å².